The average molecular weight is 240 g/mol. The first-order valence-electron chi connectivity index (χ1n) is 3.18. The molecular formula is C5H5FN2O4S2. The molecule has 0 radical (unpaired) electrons. The first kappa shape index (κ1) is 11.0. The van der Waals surface area contributed by atoms with Crippen LogP contribution in [0.4, 0.5) is 3.89 Å². The summed E-state index contributed by atoms with van der Waals surface area (Å²) < 4.78 is 54.5. The molecule has 0 spiro atoms. The van der Waals surface area contributed by atoms with Crippen LogP contribution in [0, 0.1) is 0 Å². The predicted octanol–water partition coefficient (Wildman–Crippen LogP) is -0.462. The van der Waals surface area contributed by atoms with Gasteiger partial charge in [-0.05, 0) is 0 Å². The quantitative estimate of drug-likeness (QED) is 0.512. The second-order valence-electron chi connectivity index (χ2n) is 2.41. The third kappa shape index (κ3) is 2.45. The molecule has 0 atom stereocenters. The molecule has 14 heavy (non-hydrogen) atoms. The van der Waals surface area contributed by atoms with E-state index in [4.69, 9.17) is 0 Å². The Hall–Kier alpha value is -1.09. The van der Waals surface area contributed by atoms with Crippen molar-refractivity contribution in [2.45, 2.75) is 10.1 Å². The normalized spacial score (nSPS) is 12.7. The molecule has 0 bridgehead atoms. The zero-order valence-corrected chi connectivity index (χ0v) is 8.51. The largest absolute Gasteiger partial charge is 0.335 e. The van der Waals surface area contributed by atoms with Crippen molar-refractivity contribution in [2.75, 3.05) is 6.26 Å². The third-order valence-corrected chi connectivity index (χ3v) is 2.87. The molecule has 9 heteroatoms. The lowest BCUT2D eigenvalue weighted by Gasteiger charge is -1.96. The molecule has 0 amide bonds. The van der Waals surface area contributed by atoms with Gasteiger partial charge in [0.15, 0.2) is 0 Å². The summed E-state index contributed by atoms with van der Waals surface area (Å²) in [7, 11) is -8.49. The van der Waals surface area contributed by atoms with Crippen LogP contribution in [0.2, 0.25) is 0 Å². The van der Waals surface area contributed by atoms with Crippen molar-refractivity contribution in [3.63, 3.8) is 0 Å². The molecule has 0 aliphatic carbocycles. The highest BCUT2D eigenvalue weighted by atomic mass is 32.3. The number of hydrogen-bond donors (Lipinski definition) is 0. The van der Waals surface area contributed by atoms with Crippen LogP contribution in [0.1, 0.15) is 0 Å². The Bertz CT molecular complexity index is 483. The molecule has 0 saturated heterocycles. The monoisotopic (exact) mass is 240 g/mol. The fourth-order valence-corrected chi connectivity index (χ4v) is 1.47. The topological polar surface area (TPSA) is 94.1 Å². The fourth-order valence-electron chi connectivity index (χ4n) is 0.622. The Morgan fingerprint density at radius 2 is 1.57 bits per heavy atom. The predicted molar refractivity (Wildman–Crippen MR) is 43.4 cm³/mol. The summed E-state index contributed by atoms with van der Waals surface area (Å²) in [5, 5.41) is -0.551. The van der Waals surface area contributed by atoms with Gasteiger partial charge in [-0.3, -0.25) is 0 Å². The maximum Gasteiger partial charge on any atom is 0.335 e. The van der Waals surface area contributed by atoms with Gasteiger partial charge in [0.25, 0.3) is 0 Å². The van der Waals surface area contributed by atoms with E-state index < -0.39 is 30.1 Å². The Balaban J connectivity index is 3.28. The van der Waals surface area contributed by atoms with Crippen LogP contribution in [0.3, 0.4) is 0 Å². The van der Waals surface area contributed by atoms with E-state index in [9.17, 15) is 20.7 Å². The van der Waals surface area contributed by atoms with Gasteiger partial charge in [0.05, 0.1) is 12.4 Å². The number of hydrogen-bond acceptors (Lipinski definition) is 6. The van der Waals surface area contributed by atoms with Crippen molar-refractivity contribution in [3.05, 3.63) is 12.4 Å². The van der Waals surface area contributed by atoms with Gasteiger partial charge in [-0.2, -0.15) is 8.42 Å². The van der Waals surface area contributed by atoms with Gasteiger partial charge in [-0.25, -0.2) is 18.4 Å². The number of halogens is 1. The smallest absolute Gasteiger partial charge is 0.225 e. The van der Waals surface area contributed by atoms with Crippen LogP contribution in [0.5, 0.6) is 0 Å². The first-order chi connectivity index (χ1) is 6.21. The van der Waals surface area contributed by atoms with Crippen LogP contribution in [-0.2, 0) is 20.1 Å². The molecule has 0 N–H and O–H groups in total. The molecule has 1 aromatic heterocycles. The van der Waals surface area contributed by atoms with Crippen LogP contribution >= 0.6 is 0 Å². The number of aromatic nitrogens is 2. The second kappa shape index (κ2) is 3.24. The third-order valence-electron chi connectivity index (χ3n) is 1.22. The molecule has 0 aromatic carbocycles. The first-order valence-corrected chi connectivity index (χ1v) is 6.45. The van der Waals surface area contributed by atoms with Crippen molar-refractivity contribution in [2.24, 2.45) is 0 Å². The highest BCUT2D eigenvalue weighted by Gasteiger charge is 2.16. The summed E-state index contributed by atoms with van der Waals surface area (Å²) in [6.45, 7) is 0. The van der Waals surface area contributed by atoms with E-state index in [-0.39, 0.29) is 0 Å². The maximum absolute atomic E-state index is 12.3. The molecule has 0 saturated carbocycles. The Morgan fingerprint density at radius 3 is 1.86 bits per heavy atom. The maximum atomic E-state index is 12.3. The number of sulfone groups is 1. The van der Waals surface area contributed by atoms with E-state index in [1.807, 2.05) is 0 Å². The van der Waals surface area contributed by atoms with E-state index in [0.717, 1.165) is 6.26 Å². The van der Waals surface area contributed by atoms with Gasteiger partial charge in [-0.15, -0.1) is 3.89 Å². The van der Waals surface area contributed by atoms with Gasteiger partial charge in [-0.1, -0.05) is 0 Å². The molecule has 78 valence electrons. The Morgan fingerprint density at radius 1 is 1.14 bits per heavy atom. The zero-order chi connectivity index (χ0) is 11.0. The molecule has 6 nitrogen and oxygen atoms in total. The Labute approximate surface area is 79.9 Å². The molecule has 1 heterocycles. The number of rotatable bonds is 2. The van der Waals surface area contributed by atoms with Crippen molar-refractivity contribution in [1.29, 1.82) is 0 Å². The zero-order valence-electron chi connectivity index (χ0n) is 6.88. The van der Waals surface area contributed by atoms with Gasteiger partial charge < -0.3 is 0 Å². The highest BCUT2D eigenvalue weighted by molar-refractivity contribution is 7.90. The van der Waals surface area contributed by atoms with Crippen LogP contribution in [0.25, 0.3) is 0 Å². The minimum Gasteiger partial charge on any atom is -0.225 e. The van der Waals surface area contributed by atoms with Crippen molar-refractivity contribution >= 4 is 20.1 Å². The summed E-state index contributed by atoms with van der Waals surface area (Å²) >= 11 is 0. The molecule has 0 fully saturated rings. The van der Waals surface area contributed by atoms with Gasteiger partial charge >= 0.3 is 10.2 Å². The summed E-state index contributed by atoms with van der Waals surface area (Å²) in [6.07, 6.45) is 2.05. The second-order valence-corrected chi connectivity index (χ2v) is 5.67. The molecule has 0 aliphatic rings. The van der Waals surface area contributed by atoms with Crippen LogP contribution in [-0.4, -0.2) is 33.1 Å². The van der Waals surface area contributed by atoms with E-state index in [0.29, 0.717) is 12.4 Å². The SMILES string of the molecule is CS(=O)(=O)c1ncc(S(=O)(=O)F)cn1. The molecule has 0 aliphatic heterocycles. The minimum atomic E-state index is -4.88. The number of nitrogens with zero attached hydrogens (tertiary/aromatic N) is 2. The molecule has 1 rings (SSSR count). The van der Waals surface area contributed by atoms with E-state index in [2.05, 4.69) is 9.97 Å². The lowest BCUT2D eigenvalue weighted by atomic mass is 10.7. The molecule has 0 unspecified atom stereocenters. The average Bonchev–Trinajstić information content (AvgIpc) is 2.01. The van der Waals surface area contributed by atoms with Crippen molar-refractivity contribution < 1.29 is 20.7 Å². The lowest BCUT2D eigenvalue weighted by molar-refractivity contribution is 0.549. The fraction of sp³-hybridized carbons (Fsp3) is 0.200. The summed E-state index contributed by atoms with van der Waals surface area (Å²) in [6, 6.07) is 0. The highest BCUT2D eigenvalue weighted by Crippen LogP contribution is 2.10. The van der Waals surface area contributed by atoms with Crippen LogP contribution < -0.4 is 0 Å². The molecular weight excluding hydrogens is 235 g/mol. The summed E-state index contributed by atoms with van der Waals surface area (Å²) in [5.41, 5.74) is 0. The van der Waals surface area contributed by atoms with Crippen molar-refractivity contribution in [1.82, 2.24) is 9.97 Å². The van der Waals surface area contributed by atoms with E-state index >= 15 is 0 Å². The minimum absolute atomic E-state index is 0.551. The summed E-state index contributed by atoms with van der Waals surface area (Å²) in [4.78, 5) is 5.62. The van der Waals surface area contributed by atoms with E-state index in [1.54, 1.807) is 0 Å². The van der Waals surface area contributed by atoms with Gasteiger partial charge in [0.2, 0.25) is 15.0 Å². The van der Waals surface area contributed by atoms with Gasteiger partial charge in [0, 0.05) is 6.26 Å². The lowest BCUT2D eigenvalue weighted by Crippen LogP contribution is -2.05. The van der Waals surface area contributed by atoms with Gasteiger partial charge in [0.1, 0.15) is 4.90 Å². The standard InChI is InChI=1S/C5H5FN2O4S2/c1-13(9,10)5-7-2-4(3-8-5)14(6,11)12/h2-3H,1H3. The summed E-state index contributed by atoms with van der Waals surface area (Å²) in [5.74, 6) is 0. The van der Waals surface area contributed by atoms with Crippen molar-refractivity contribution in [3.8, 4) is 0 Å². The Kier molecular flexibility index (Phi) is 2.54. The molecule has 1 aromatic rings. The van der Waals surface area contributed by atoms with Crippen LogP contribution in [0.15, 0.2) is 22.4 Å². The van der Waals surface area contributed by atoms with E-state index in [1.165, 1.54) is 0 Å².